The van der Waals surface area contributed by atoms with Gasteiger partial charge in [-0.2, -0.15) is 0 Å². The van der Waals surface area contributed by atoms with Crippen LogP contribution in [0.4, 0.5) is 0 Å². The summed E-state index contributed by atoms with van der Waals surface area (Å²) < 4.78 is 22.6. The van der Waals surface area contributed by atoms with Crippen molar-refractivity contribution in [3.8, 4) is 0 Å². The molecule has 0 spiro atoms. The van der Waals surface area contributed by atoms with Crippen molar-refractivity contribution in [3.05, 3.63) is 29.8 Å². The number of nitrogens with zero attached hydrogens (tertiary/aromatic N) is 1. The molecule has 0 saturated carbocycles. The molecule has 0 radical (unpaired) electrons. The highest BCUT2D eigenvalue weighted by Gasteiger charge is 2.19. The molecule has 1 fully saturated rings. The Morgan fingerprint density at radius 1 is 1.22 bits per heavy atom. The summed E-state index contributed by atoms with van der Waals surface area (Å²) in [5.41, 5.74) is 0.435. The molecule has 6 heteroatoms. The zero-order valence-electron chi connectivity index (χ0n) is 10.1. The standard InChI is InChI=1S/C12H15NO4S/c1-18(15,16)11-6-4-10(5-7-11)12(14)13-8-2-3-9-17-13/h4-7H,2-3,8-9H2,1H3. The molecule has 98 valence electrons. The summed E-state index contributed by atoms with van der Waals surface area (Å²) in [6.45, 7) is 1.12. The van der Waals surface area contributed by atoms with E-state index in [0.717, 1.165) is 19.1 Å². The van der Waals surface area contributed by atoms with Crippen molar-refractivity contribution in [3.63, 3.8) is 0 Å². The molecule has 1 aromatic carbocycles. The number of sulfone groups is 1. The normalized spacial score (nSPS) is 16.6. The van der Waals surface area contributed by atoms with Gasteiger partial charge in [0.25, 0.3) is 5.91 Å². The fourth-order valence-corrected chi connectivity index (χ4v) is 2.38. The number of rotatable bonds is 2. The van der Waals surface area contributed by atoms with Gasteiger partial charge in [0.1, 0.15) is 0 Å². The Kier molecular flexibility index (Phi) is 3.68. The summed E-state index contributed by atoms with van der Waals surface area (Å²) in [5, 5.41) is 1.33. The van der Waals surface area contributed by atoms with Gasteiger partial charge in [0.05, 0.1) is 11.5 Å². The summed E-state index contributed by atoms with van der Waals surface area (Å²) in [6, 6.07) is 5.90. The Balaban J connectivity index is 2.16. The molecule has 1 heterocycles. The summed E-state index contributed by atoms with van der Waals surface area (Å²) in [7, 11) is -3.23. The van der Waals surface area contributed by atoms with E-state index in [9.17, 15) is 13.2 Å². The van der Waals surface area contributed by atoms with E-state index in [2.05, 4.69) is 0 Å². The first-order chi connectivity index (χ1) is 8.48. The van der Waals surface area contributed by atoms with Gasteiger partial charge in [-0.15, -0.1) is 0 Å². The van der Waals surface area contributed by atoms with Crippen LogP contribution in [0.2, 0.25) is 0 Å². The van der Waals surface area contributed by atoms with Gasteiger partial charge in [-0.1, -0.05) is 0 Å². The number of benzene rings is 1. The molecule has 0 aromatic heterocycles. The molecule has 0 N–H and O–H groups in total. The van der Waals surface area contributed by atoms with E-state index in [1.165, 1.54) is 29.3 Å². The predicted octanol–water partition coefficient (Wildman–Crippen LogP) is 1.26. The van der Waals surface area contributed by atoms with Crippen LogP contribution in [0.15, 0.2) is 29.2 Å². The second-order valence-electron chi connectivity index (χ2n) is 4.24. The zero-order chi connectivity index (χ0) is 13.2. The van der Waals surface area contributed by atoms with Crippen LogP contribution >= 0.6 is 0 Å². The van der Waals surface area contributed by atoms with Gasteiger partial charge in [0.15, 0.2) is 9.84 Å². The Bertz CT molecular complexity index is 530. The maximum Gasteiger partial charge on any atom is 0.277 e. The molecule has 1 aromatic rings. The third-order valence-corrected chi connectivity index (χ3v) is 3.89. The topological polar surface area (TPSA) is 63.7 Å². The highest BCUT2D eigenvalue weighted by atomic mass is 32.2. The molecule has 2 rings (SSSR count). The Labute approximate surface area is 106 Å². The quantitative estimate of drug-likeness (QED) is 0.810. The summed E-state index contributed by atoms with van der Waals surface area (Å²) in [5.74, 6) is -0.227. The number of carbonyl (C=O) groups is 1. The third-order valence-electron chi connectivity index (χ3n) is 2.76. The lowest BCUT2D eigenvalue weighted by Crippen LogP contribution is -2.35. The lowest BCUT2D eigenvalue weighted by atomic mass is 10.2. The van der Waals surface area contributed by atoms with Crippen LogP contribution in [0.1, 0.15) is 23.2 Å². The number of hydroxylamine groups is 2. The molecule has 5 nitrogen and oxygen atoms in total. The number of carbonyl (C=O) groups excluding carboxylic acids is 1. The van der Waals surface area contributed by atoms with Crippen LogP contribution in [0, 0.1) is 0 Å². The van der Waals surface area contributed by atoms with E-state index in [-0.39, 0.29) is 10.8 Å². The van der Waals surface area contributed by atoms with Crippen molar-refractivity contribution in [2.24, 2.45) is 0 Å². The Morgan fingerprint density at radius 3 is 2.39 bits per heavy atom. The van der Waals surface area contributed by atoms with Crippen molar-refractivity contribution in [1.29, 1.82) is 0 Å². The predicted molar refractivity (Wildman–Crippen MR) is 65.8 cm³/mol. The highest BCUT2D eigenvalue weighted by molar-refractivity contribution is 7.90. The van der Waals surface area contributed by atoms with Gasteiger partial charge in [0.2, 0.25) is 0 Å². The van der Waals surface area contributed by atoms with Crippen molar-refractivity contribution in [2.75, 3.05) is 19.4 Å². The van der Waals surface area contributed by atoms with Gasteiger partial charge in [-0.25, -0.2) is 13.5 Å². The minimum atomic E-state index is -3.23. The molecule has 1 aliphatic rings. The lowest BCUT2D eigenvalue weighted by molar-refractivity contribution is -0.144. The number of hydrogen-bond donors (Lipinski definition) is 0. The van der Waals surface area contributed by atoms with Crippen LogP contribution < -0.4 is 0 Å². The SMILES string of the molecule is CS(=O)(=O)c1ccc(C(=O)N2CCCCO2)cc1. The summed E-state index contributed by atoms with van der Waals surface area (Å²) in [4.78, 5) is 17.5. The molecule has 0 aliphatic carbocycles. The first-order valence-corrected chi connectivity index (χ1v) is 7.62. The third kappa shape index (κ3) is 2.88. The molecule has 0 bridgehead atoms. The minimum absolute atomic E-state index is 0.207. The van der Waals surface area contributed by atoms with Crippen molar-refractivity contribution in [2.45, 2.75) is 17.7 Å². The van der Waals surface area contributed by atoms with Gasteiger partial charge in [-0.05, 0) is 37.1 Å². The van der Waals surface area contributed by atoms with Crippen LogP contribution in [-0.2, 0) is 14.7 Å². The molecule has 0 atom stereocenters. The molecule has 1 amide bonds. The minimum Gasteiger partial charge on any atom is -0.271 e. The van der Waals surface area contributed by atoms with E-state index >= 15 is 0 Å². The van der Waals surface area contributed by atoms with E-state index in [1.807, 2.05) is 0 Å². The first kappa shape index (κ1) is 13.0. The lowest BCUT2D eigenvalue weighted by Gasteiger charge is -2.25. The second kappa shape index (κ2) is 5.07. The van der Waals surface area contributed by atoms with E-state index in [4.69, 9.17) is 4.84 Å². The van der Waals surface area contributed by atoms with Crippen molar-refractivity contribution in [1.82, 2.24) is 5.06 Å². The largest absolute Gasteiger partial charge is 0.277 e. The molecular formula is C12H15NO4S. The number of hydrogen-bond acceptors (Lipinski definition) is 4. The molecule has 1 saturated heterocycles. The molecular weight excluding hydrogens is 254 g/mol. The van der Waals surface area contributed by atoms with Crippen molar-refractivity contribution < 1.29 is 18.0 Å². The first-order valence-electron chi connectivity index (χ1n) is 5.73. The van der Waals surface area contributed by atoms with E-state index in [1.54, 1.807) is 0 Å². The van der Waals surface area contributed by atoms with Gasteiger partial charge in [-0.3, -0.25) is 9.63 Å². The average molecular weight is 269 g/mol. The van der Waals surface area contributed by atoms with Crippen LogP contribution in [-0.4, -0.2) is 38.8 Å². The van der Waals surface area contributed by atoms with Crippen LogP contribution in [0.3, 0.4) is 0 Å². The molecule has 1 aliphatic heterocycles. The highest BCUT2D eigenvalue weighted by Crippen LogP contribution is 2.14. The summed E-state index contributed by atoms with van der Waals surface area (Å²) in [6.07, 6.45) is 3.02. The maximum absolute atomic E-state index is 12.0. The fraction of sp³-hybridized carbons (Fsp3) is 0.417. The maximum atomic E-state index is 12.0. The summed E-state index contributed by atoms with van der Waals surface area (Å²) >= 11 is 0. The van der Waals surface area contributed by atoms with Gasteiger partial charge < -0.3 is 0 Å². The number of amides is 1. The van der Waals surface area contributed by atoms with E-state index < -0.39 is 9.84 Å². The molecule has 18 heavy (non-hydrogen) atoms. The fourth-order valence-electron chi connectivity index (χ4n) is 1.75. The average Bonchev–Trinajstić information content (AvgIpc) is 2.38. The van der Waals surface area contributed by atoms with Crippen molar-refractivity contribution >= 4 is 15.7 Å². The monoisotopic (exact) mass is 269 g/mol. The van der Waals surface area contributed by atoms with Crippen LogP contribution in [0.25, 0.3) is 0 Å². The second-order valence-corrected chi connectivity index (χ2v) is 6.26. The van der Waals surface area contributed by atoms with E-state index in [0.29, 0.717) is 18.7 Å². The molecule has 0 unspecified atom stereocenters. The van der Waals surface area contributed by atoms with Gasteiger partial charge >= 0.3 is 0 Å². The van der Waals surface area contributed by atoms with Gasteiger partial charge in [0, 0.05) is 18.4 Å². The zero-order valence-corrected chi connectivity index (χ0v) is 10.9. The smallest absolute Gasteiger partial charge is 0.271 e. The van der Waals surface area contributed by atoms with Crippen LogP contribution in [0.5, 0.6) is 0 Å². The Hall–Kier alpha value is -1.40. The Morgan fingerprint density at radius 2 is 1.89 bits per heavy atom.